The molecule has 2 heterocycles. The van der Waals surface area contributed by atoms with E-state index in [0.717, 1.165) is 11.1 Å². The fraction of sp³-hybridized carbons (Fsp3) is 0.333. The van der Waals surface area contributed by atoms with E-state index in [4.69, 9.17) is 4.74 Å². The van der Waals surface area contributed by atoms with Crippen LogP contribution < -0.4 is 4.74 Å². The molecule has 158 valence electrons. The summed E-state index contributed by atoms with van der Waals surface area (Å²) in [5, 5.41) is 0.380. The molecule has 4 rings (SSSR count). The average Bonchev–Trinajstić information content (AvgIpc) is 3.16. The molecule has 0 radical (unpaired) electrons. The first-order valence-electron chi connectivity index (χ1n) is 9.45. The van der Waals surface area contributed by atoms with E-state index in [1.165, 1.54) is 23.9 Å². The van der Waals surface area contributed by atoms with Gasteiger partial charge in [0.15, 0.2) is 15.0 Å². The number of carbonyl (C=O) groups is 1. The topological polar surface area (TPSA) is 76.0 Å². The Labute approximate surface area is 179 Å². The summed E-state index contributed by atoms with van der Waals surface area (Å²) in [6.07, 6.45) is 0.145. The molecule has 2 aromatic rings. The van der Waals surface area contributed by atoms with Gasteiger partial charge in [-0.05, 0) is 35.4 Å². The molecule has 0 spiro atoms. The number of carbonyl (C=O) groups excluding carboxylic acids is 1. The molecule has 0 saturated carbocycles. The number of nitrogens with zero attached hydrogens (tertiary/aromatic N) is 2. The Kier molecular flexibility index (Phi) is 5.84. The van der Waals surface area contributed by atoms with Crippen molar-refractivity contribution in [3.63, 3.8) is 0 Å². The summed E-state index contributed by atoms with van der Waals surface area (Å²) in [5.41, 5.74) is 1.65. The largest absolute Gasteiger partial charge is 0.497 e. The number of ether oxygens (including phenoxy) is 1. The normalized spacial score (nSPS) is 23.5. The van der Waals surface area contributed by atoms with Gasteiger partial charge in [-0.1, -0.05) is 36.0 Å². The van der Waals surface area contributed by atoms with E-state index in [9.17, 15) is 17.6 Å². The number of sulfone groups is 1. The molecular formula is C21H21FN2O4S2. The molecule has 2 saturated heterocycles. The molecule has 0 bridgehead atoms. The van der Waals surface area contributed by atoms with Crippen LogP contribution in [0, 0.1) is 5.82 Å². The summed E-state index contributed by atoms with van der Waals surface area (Å²) >= 11 is 1.34. The summed E-state index contributed by atoms with van der Waals surface area (Å²) in [7, 11) is -1.54. The van der Waals surface area contributed by atoms with Crippen LogP contribution in [0.4, 0.5) is 4.39 Å². The Bertz CT molecular complexity index is 1070. The molecule has 2 atom stereocenters. The van der Waals surface area contributed by atoms with Crippen molar-refractivity contribution in [1.29, 1.82) is 0 Å². The van der Waals surface area contributed by atoms with Gasteiger partial charge in [-0.2, -0.15) is 4.99 Å². The van der Waals surface area contributed by atoms with Gasteiger partial charge in [-0.3, -0.25) is 4.79 Å². The molecule has 0 aromatic heterocycles. The zero-order chi connectivity index (χ0) is 21.3. The van der Waals surface area contributed by atoms with Gasteiger partial charge in [-0.25, -0.2) is 12.8 Å². The number of hydrogen-bond donors (Lipinski definition) is 0. The van der Waals surface area contributed by atoms with Gasteiger partial charge in [0, 0.05) is 11.8 Å². The van der Waals surface area contributed by atoms with E-state index in [0.29, 0.717) is 17.5 Å². The van der Waals surface area contributed by atoms with Crippen LogP contribution in [0.2, 0.25) is 0 Å². The summed E-state index contributed by atoms with van der Waals surface area (Å²) in [5.74, 6) is 0.197. The molecule has 2 aromatic carbocycles. The van der Waals surface area contributed by atoms with Gasteiger partial charge < -0.3 is 9.64 Å². The van der Waals surface area contributed by atoms with Crippen molar-refractivity contribution in [2.45, 2.75) is 24.3 Å². The third-order valence-corrected chi connectivity index (χ3v) is 8.42. The first-order valence-corrected chi connectivity index (χ1v) is 12.2. The number of fused-ring (bicyclic) bond motifs is 1. The van der Waals surface area contributed by atoms with E-state index in [-0.39, 0.29) is 40.9 Å². The number of rotatable bonds is 5. The van der Waals surface area contributed by atoms with Gasteiger partial charge in [0.25, 0.3) is 5.91 Å². The van der Waals surface area contributed by atoms with E-state index < -0.39 is 9.84 Å². The van der Waals surface area contributed by atoms with Gasteiger partial charge in [-0.15, -0.1) is 0 Å². The Morgan fingerprint density at radius 1 is 1.13 bits per heavy atom. The number of benzene rings is 2. The number of thioether (sulfide) groups is 1. The molecule has 0 N–H and O–H groups in total. The maximum atomic E-state index is 13.2. The number of amides is 1. The maximum Gasteiger partial charge on any atom is 0.252 e. The lowest BCUT2D eigenvalue weighted by Crippen LogP contribution is -2.37. The predicted molar refractivity (Wildman–Crippen MR) is 115 cm³/mol. The van der Waals surface area contributed by atoms with Gasteiger partial charge >= 0.3 is 0 Å². The highest BCUT2D eigenvalue weighted by molar-refractivity contribution is 8.15. The average molecular weight is 449 g/mol. The lowest BCUT2D eigenvalue weighted by Gasteiger charge is -2.24. The minimum Gasteiger partial charge on any atom is -0.497 e. The van der Waals surface area contributed by atoms with Crippen LogP contribution in [0.5, 0.6) is 5.75 Å². The van der Waals surface area contributed by atoms with Crippen LogP contribution in [0.25, 0.3) is 0 Å². The van der Waals surface area contributed by atoms with E-state index >= 15 is 0 Å². The lowest BCUT2D eigenvalue weighted by atomic mass is 10.1. The Balaban J connectivity index is 1.54. The highest BCUT2D eigenvalue weighted by atomic mass is 32.2. The summed E-state index contributed by atoms with van der Waals surface area (Å²) in [4.78, 5) is 18.8. The summed E-state index contributed by atoms with van der Waals surface area (Å²) < 4.78 is 42.6. The standard InChI is InChI=1S/C21H21FN2O4S2/c1-28-17-8-4-14(5-9-17)10-20(25)23-21-24(11-15-2-6-16(22)7-3-15)18-12-30(26,27)13-19(18)29-21/h2-9,18-19H,10-13H2,1H3/t18-,19+/m0/s1. The van der Waals surface area contributed by atoms with Crippen LogP contribution in [-0.2, 0) is 27.6 Å². The third-order valence-electron chi connectivity index (χ3n) is 5.18. The van der Waals surface area contributed by atoms with Crippen LogP contribution in [-0.4, -0.2) is 54.3 Å². The lowest BCUT2D eigenvalue weighted by molar-refractivity contribution is -0.117. The van der Waals surface area contributed by atoms with Crippen molar-refractivity contribution in [2.24, 2.45) is 4.99 Å². The van der Waals surface area contributed by atoms with E-state index in [1.807, 2.05) is 17.0 Å². The first kappa shape index (κ1) is 20.9. The number of halogens is 1. The van der Waals surface area contributed by atoms with Crippen molar-refractivity contribution in [3.8, 4) is 5.75 Å². The molecule has 0 unspecified atom stereocenters. The SMILES string of the molecule is COc1ccc(CC(=O)N=C2S[C@@H]3CS(=O)(=O)C[C@@H]3N2Cc2ccc(F)cc2)cc1. The van der Waals surface area contributed by atoms with Crippen LogP contribution in [0.3, 0.4) is 0 Å². The monoisotopic (exact) mass is 448 g/mol. The second kappa shape index (κ2) is 8.39. The molecule has 1 amide bonds. The number of hydrogen-bond acceptors (Lipinski definition) is 5. The van der Waals surface area contributed by atoms with E-state index in [1.54, 1.807) is 31.4 Å². The Morgan fingerprint density at radius 3 is 2.47 bits per heavy atom. The predicted octanol–water partition coefficient (Wildman–Crippen LogP) is 2.67. The zero-order valence-electron chi connectivity index (χ0n) is 16.3. The molecule has 2 aliphatic heterocycles. The third kappa shape index (κ3) is 4.67. The second-order valence-electron chi connectivity index (χ2n) is 7.37. The van der Waals surface area contributed by atoms with Crippen molar-refractivity contribution in [1.82, 2.24) is 4.90 Å². The van der Waals surface area contributed by atoms with Gasteiger partial charge in [0.05, 0.1) is 31.1 Å². The molecule has 2 fully saturated rings. The highest BCUT2D eigenvalue weighted by Crippen LogP contribution is 2.39. The van der Waals surface area contributed by atoms with Crippen LogP contribution >= 0.6 is 11.8 Å². The summed E-state index contributed by atoms with van der Waals surface area (Å²) in [6, 6.07) is 13.0. The molecule has 30 heavy (non-hydrogen) atoms. The number of aliphatic imine (C=N–C) groups is 1. The van der Waals surface area contributed by atoms with Crippen LogP contribution in [0.15, 0.2) is 53.5 Å². The highest BCUT2D eigenvalue weighted by Gasteiger charge is 2.48. The molecule has 9 heteroatoms. The molecule has 0 aliphatic carbocycles. The smallest absolute Gasteiger partial charge is 0.252 e. The van der Waals surface area contributed by atoms with Crippen molar-refractivity contribution in [2.75, 3.05) is 18.6 Å². The minimum absolute atomic E-state index is 0.0392. The van der Waals surface area contributed by atoms with Gasteiger partial charge in [0.1, 0.15) is 11.6 Å². The second-order valence-corrected chi connectivity index (χ2v) is 10.7. The zero-order valence-corrected chi connectivity index (χ0v) is 18.0. The number of methoxy groups -OCH3 is 1. The van der Waals surface area contributed by atoms with E-state index in [2.05, 4.69) is 4.99 Å². The van der Waals surface area contributed by atoms with Crippen LogP contribution in [0.1, 0.15) is 11.1 Å². The minimum atomic E-state index is -3.12. The molecule has 6 nitrogen and oxygen atoms in total. The maximum absolute atomic E-state index is 13.2. The summed E-state index contributed by atoms with van der Waals surface area (Å²) in [6.45, 7) is 0.374. The van der Waals surface area contributed by atoms with Crippen molar-refractivity contribution >= 4 is 32.7 Å². The first-order chi connectivity index (χ1) is 14.3. The van der Waals surface area contributed by atoms with Gasteiger partial charge in [0.2, 0.25) is 0 Å². The van der Waals surface area contributed by atoms with Crippen molar-refractivity contribution < 1.29 is 22.3 Å². The van der Waals surface area contributed by atoms with Crippen molar-refractivity contribution in [3.05, 3.63) is 65.5 Å². The number of amidine groups is 1. The quantitative estimate of drug-likeness (QED) is 0.700. The fourth-order valence-corrected chi connectivity index (χ4v) is 7.64. The Hall–Kier alpha value is -2.39. The Morgan fingerprint density at radius 2 is 1.80 bits per heavy atom. The molecular weight excluding hydrogens is 427 g/mol. The molecule has 2 aliphatic rings. The fourth-order valence-electron chi connectivity index (χ4n) is 3.67.